The number of anilines is 1. The van der Waals surface area contributed by atoms with Gasteiger partial charge in [0.1, 0.15) is 11.4 Å². The largest absolute Gasteiger partial charge is 0.490 e. The molecule has 0 aliphatic rings. The highest BCUT2D eigenvalue weighted by molar-refractivity contribution is 6.32. The lowest BCUT2D eigenvalue weighted by Crippen LogP contribution is -2.24. The van der Waals surface area contributed by atoms with Crippen molar-refractivity contribution in [1.29, 1.82) is 5.26 Å². The molecule has 3 rings (SSSR count). The fourth-order valence-corrected chi connectivity index (χ4v) is 2.98. The van der Waals surface area contributed by atoms with Crippen LogP contribution in [0.4, 0.5) is 32.3 Å². The number of nitrogens with one attached hydrogen (secondary N) is 2. The second kappa shape index (κ2) is 12.4. The first kappa shape index (κ1) is 30.1. The normalized spacial score (nSPS) is 10.8. The Morgan fingerprint density at radius 2 is 1.87 bits per heavy atom. The maximum absolute atomic E-state index is 15.0. The minimum absolute atomic E-state index is 0.0121. The van der Waals surface area contributed by atoms with Crippen molar-refractivity contribution in [3.8, 4) is 17.6 Å². The fourth-order valence-electron chi connectivity index (χ4n) is 2.58. The van der Waals surface area contributed by atoms with Crippen LogP contribution in [-0.2, 0) is 11.3 Å². The van der Waals surface area contributed by atoms with Crippen LogP contribution in [0.5, 0.6) is 11.5 Å². The molecule has 17 heteroatoms. The van der Waals surface area contributed by atoms with Gasteiger partial charge in [0.2, 0.25) is 0 Å². The number of nitrogens with two attached hydrogens (primary N) is 1. The summed E-state index contributed by atoms with van der Waals surface area (Å²) >= 11 is 11.8. The standard InChI is InChI=1S/C19H12Cl2F3N5O2.C2HF3O2/c20-12-2-1-9(7-27-18(30)14-16(21)29-19(26)28-14)13(22)15(12)31-11-4-8(6-25)3-10(5-11)17(23)24;3-2(4,5)1(6)7/h1-5,17H,7H2,(H,27,30)(H3,26,28,29);(H,6,7). The van der Waals surface area contributed by atoms with Gasteiger partial charge < -0.3 is 25.9 Å². The number of amides is 1. The average molecular weight is 584 g/mol. The molecular formula is C21H13Cl2F6N5O4. The molecule has 0 atom stereocenters. The smallest absolute Gasteiger partial charge is 0.475 e. The number of imidazole rings is 1. The Labute approximate surface area is 218 Å². The van der Waals surface area contributed by atoms with E-state index in [-0.39, 0.29) is 45.2 Å². The van der Waals surface area contributed by atoms with Gasteiger partial charge in [-0.15, -0.1) is 0 Å². The van der Waals surface area contributed by atoms with Gasteiger partial charge in [0.15, 0.2) is 22.7 Å². The molecule has 9 nitrogen and oxygen atoms in total. The van der Waals surface area contributed by atoms with Gasteiger partial charge in [0.05, 0.1) is 16.7 Å². The number of carbonyl (C=O) groups excluding carboxylic acids is 1. The highest BCUT2D eigenvalue weighted by Crippen LogP contribution is 2.35. The van der Waals surface area contributed by atoms with Gasteiger partial charge in [0.25, 0.3) is 12.3 Å². The predicted octanol–water partition coefficient (Wildman–Crippen LogP) is 5.60. The van der Waals surface area contributed by atoms with Crippen LogP contribution in [-0.4, -0.2) is 33.1 Å². The van der Waals surface area contributed by atoms with Gasteiger partial charge in [0, 0.05) is 17.7 Å². The number of nitriles is 1. The fraction of sp³-hybridized carbons (Fsp3) is 0.143. The van der Waals surface area contributed by atoms with Crippen LogP contribution in [0, 0.1) is 17.1 Å². The molecule has 1 heterocycles. The van der Waals surface area contributed by atoms with Crippen molar-refractivity contribution in [3.63, 3.8) is 0 Å². The van der Waals surface area contributed by atoms with Crippen molar-refractivity contribution in [2.24, 2.45) is 0 Å². The van der Waals surface area contributed by atoms with Crippen molar-refractivity contribution >= 4 is 41.0 Å². The molecule has 202 valence electrons. The number of benzene rings is 2. The lowest BCUT2D eigenvalue weighted by molar-refractivity contribution is -0.192. The summed E-state index contributed by atoms with van der Waals surface area (Å²) in [5.74, 6) is -5.08. The summed E-state index contributed by atoms with van der Waals surface area (Å²) in [6, 6.07) is 7.48. The van der Waals surface area contributed by atoms with E-state index in [2.05, 4.69) is 15.3 Å². The van der Waals surface area contributed by atoms with Gasteiger partial charge in [-0.25, -0.2) is 22.9 Å². The topological polar surface area (TPSA) is 154 Å². The summed E-state index contributed by atoms with van der Waals surface area (Å²) in [5, 5.41) is 18.3. The van der Waals surface area contributed by atoms with E-state index in [1.54, 1.807) is 6.07 Å². The summed E-state index contributed by atoms with van der Waals surface area (Å²) in [6.45, 7) is -0.284. The molecule has 0 bridgehead atoms. The molecule has 3 aromatic rings. The molecule has 38 heavy (non-hydrogen) atoms. The molecule has 0 fully saturated rings. The number of hydrogen-bond donors (Lipinski definition) is 4. The molecule has 0 saturated carbocycles. The number of carbonyl (C=O) groups is 2. The maximum atomic E-state index is 15.0. The monoisotopic (exact) mass is 583 g/mol. The Morgan fingerprint density at radius 3 is 2.37 bits per heavy atom. The number of halogens is 8. The molecule has 5 N–H and O–H groups in total. The van der Waals surface area contributed by atoms with E-state index in [0.29, 0.717) is 0 Å². The van der Waals surface area contributed by atoms with E-state index in [1.807, 2.05) is 0 Å². The number of H-pyrrole nitrogens is 1. The van der Waals surface area contributed by atoms with E-state index in [9.17, 15) is 31.1 Å². The van der Waals surface area contributed by atoms with Gasteiger partial charge in [-0.2, -0.15) is 18.4 Å². The molecule has 0 aliphatic heterocycles. The van der Waals surface area contributed by atoms with Crippen LogP contribution in [0.1, 0.15) is 33.6 Å². The number of hydrogen-bond acceptors (Lipinski definition) is 6. The third-order valence-electron chi connectivity index (χ3n) is 4.25. The Balaban J connectivity index is 0.000000638. The summed E-state index contributed by atoms with van der Waals surface area (Å²) in [5.41, 5.74) is 4.75. The highest BCUT2D eigenvalue weighted by Gasteiger charge is 2.38. The Hall–Kier alpha value is -4.16. The summed E-state index contributed by atoms with van der Waals surface area (Å²) in [6.07, 6.45) is -7.94. The van der Waals surface area contributed by atoms with Gasteiger partial charge in [-0.05, 0) is 24.3 Å². The van der Waals surface area contributed by atoms with Crippen molar-refractivity contribution in [2.45, 2.75) is 19.1 Å². The minimum atomic E-state index is -5.08. The first-order valence-corrected chi connectivity index (χ1v) is 10.5. The van der Waals surface area contributed by atoms with Crippen LogP contribution in [0.15, 0.2) is 30.3 Å². The van der Waals surface area contributed by atoms with Crippen molar-refractivity contribution in [2.75, 3.05) is 5.73 Å². The third-order valence-corrected chi connectivity index (χ3v) is 4.82. The number of carboxylic acid groups (broad SMARTS) is 1. The van der Waals surface area contributed by atoms with Gasteiger partial charge in [-0.3, -0.25) is 4.79 Å². The number of aliphatic carboxylic acids is 1. The number of ether oxygens (including phenoxy) is 1. The molecule has 2 aromatic carbocycles. The van der Waals surface area contributed by atoms with Crippen molar-refractivity contribution in [1.82, 2.24) is 15.3 Å². The Kier molecular flexibility index (Phi) is 9.80. The number of nitrogens with zero attached hydrogens (tertiary/aromatic N) is 2. The number of alkyl halides is 5. The van der Waals surface area contributed by atoms with Gasteiger partial charge in [-0.1, -0.05) is 29.3 Å². The average Bonchev–Trinajstić information content (AvgIpc) is 3.18. The van der Waals surface area contributed by atoms with Gasteiger partial charge >= 0.3 is 12.1 Å². The van der Waals surface area contributed by atoms with Crippen LogP contribution in [0.3, 0.4) is 0 Å². The number of aromatic amines is 1. The Morgan fingerprint density at radius 1 is 1.24 bits per heavy atom. The molecule has 0 radical (unpaired) electrons. The quantitative estimate of drug-likeness (QED) is 0.275. The van der Waals surface area contributed by atoms with E-state index in [1.165, 1.54) is 18.2 Å². The van der Waals surface area contributed by atoms with Crippen molar-refractivity contribution in [3.05, 3.63) is 68.7 Å². The highest BCUT2D eigenvalue weighted by atomic mass is 35.5. The van der Waals surface area contributed by atoms with Crippen LogP contribution >= 0.6 is 23.2 Å². The second-order valence-electron chi connectivity index (χ2n) is 6.93. The predicted molar refractivity (Wildman–Crippen MR) is 120 cm³/mol. The first-order chi connectivity index (χ1) is 17.6. The molecule has 0 aliphatic carbocycles. The SMILES string of the molecule is N#Cc1cc(Oc2c(Cl)ccc(CNC(=O)c3[nH]c(N)nc3Cl)c2F)cc(C(F)F)c1.O=C(O)C(F)(F)F. The molecule has 0 unspecified atom stereocenters. The number of nitrogen functional groups attached to an aromatic ring is 1. The molecule has 0 spiro atoms. The summed E-state index contributed by atoms with van der Waals surface area (Å²) in [7, 11) is 0. The van der Waals surface area contributed by atoms with E-state index < -0.39 is 41.6 Å². The van der Waals surface area contributed by atoms with Crippen LogP contribution < -0.4 is 15.8 Å². The lowest BCUT2D eigenvalue weighted by Gasteiger charge is -2.13. The second-order valence-corrected chi connectivity index (χ2v) is 7.69. The zero-order valence-corrected chi connectivity index (χ0v) is 19.9. The molecule has 1 aromatic heterocycles. The number of rotatable bonds is 6. The van der Waals surface area contributed by atoms with E-state index in [0.717, 1.165) is 12.1 Å². The zero-order chi connectivity index (χ0) is 28.8. The van der Waals surface area contributed by atoms with Crippen LogP contribution in [0.2, 0.25) is 10.2 Å². The minimum Gasteiger partial charge on any atom is -0.475 e. The molecular weight excluding hydrogens is 571 g/mol. The Bertz CT molecular complexity index is 1390. The first-order valence-electron chi connectivity index (χ1n) is 9.71. The van der Waals surface area contributed by atoms with E-state index >= 15 is 0 Å². The lowest BCUT2D eigenvalue weighted by atomic mass is 10.1. The third kappa shape index (κ3) is 7.92. The number of aromatic nitrogens is 2. The van der Waals surface area contributed by atoms with E-state index in [4.69, 9.17) is 48.8 Å². The van der Waals surface area contributed by atoms with Crippen LogP contribution in [0.25, 0.3) is 0 Å². The number of carboxylic acids is 1. The zero-order valence-electron chi connectivity index (χ0n) is 18.3. The summed E-state index contributed by atoms with van der Waals surface area (Å²) in [4.78, 5) is 27.2. The molecule has 1 amide bonds. The maximum Gasteiger partial charge on any atom is 0.490 e. The molecule has 0 saturated heterocycles. The summed E-state index contributed by atoms with van der Waals surface area (Å²) < 4.78 is 78.1. The van der Waals surface area contributed by atoms with Crippen molar-refractivity contribution < 1.29 is 45.8 Å².